The Labute approximate surface area is 159 Å². The molecule has 1 atom stereocenters. The number of nitrogens with one attached hydrogen (secondary N) is 1. The quantitative estimate of drug-likeness (QED) is 0.785. The van der Waals surface area contributed by atoms with Gasteiger partial charge in [0.1, 0.15) is 5.75 Å². The van der Waals surface area contributed by atoms with Crippen LogP contribution in [-0.2, 0) is 10.0 Å². The summed E-state index contributed by atoms with van der Waals surface area (Å²) in [5.41, 5.74) is 1.51. The lowest BCUT2D eigenvalue weighted by Gasteiger charge is -2.32. The van der Waals surface area contributed by atoms with Crippen molar-refractivity contribution in [3.63, 3.8) is 0 Å². The Hall–Kier alpha value is -2.38. The molecule has 1 fully saturated rings. The van der Waals surface area contributed by atoms with Gasteiger partial charge in [-0.15, -0.1) is 0 Å². The van der Waals surface area contributed by atoms with Crippen molar-refractivity contribution in [2.24, 2.45) is 0 Å². The molecule has 2 aromatic rings. The minimum Gasteiger partial charge on any atom is -0.506 e. The van der Waals surface area contributed by atoms with Crippen LogP contribution >= 0.6 is 0 Å². The number of phenols is 1. The third-order valence-electron chi connectivity index (χ3n) is 4.87. The van der Waals surface area contributed by atoms with Gasteiger partial charge >= 0.3 is 0 Å². The van der Waals surface area contributed by atoms with Gasteiger partial charge in [0.05, 0.1) is 10.6 Å². The van der Waals surface area contributed by atoms with Crippen LogP contribution in [0.5, 0.6) is 5.75 Å². The van der Waals surface area contributed by atoms with Crippen molar-refractivity contribution in [2.75, 3.05) is 11.9 Å². The molecule has 0 aromatic heterocycles. The number of phenolic OH excluding ortho intramolecular Hbond substituents is 1. The molecule has 1 aliphatic heterocycles. The van der Waals surface area contributed by atoms with E-state index < -0.39 is 15.9 Å². The maximum Gasteiger partial charge on any atom is 0.255 e. The number of amides is 1. The maximum atomic E-state index is 12.8. The van der Waals surface area contributed by atoms with E-state index in [9.17, 15) is 18.3 Å². The van der Waals surface area contributed by atoms with E-state index in [0.717, 1.165) is 24.8 Å². The molecule has 6 nitrogen and oxygen atoms in total. The molecule has 0 aliphatic carbocycles. The Morgan fingerprint density at radius 1 is 1.15 bits per heavy atom. The average Bonchev–Trinajstić information content (AvgIpc) is 2.64. The van der Waals surface area contributed by atoms with E-state index in [1.54, 1.807) is 18.2 Å². The number of nitrogens with zero attached hydrogens (tertiary/aromatic N) is 1. The maximum absolute atomic E-state index is 12.8. The Kier molecular flexibility index (Phi) is 5.53. The first-order chi connectivity index (χ1) is 12.8. The van der Waals surface area contributed by atoms with Gasteiger partial charge in [0, 0.05) is 18.2 Å². The number of anilines is 1. The van der Waals surface area contributed by atoms with E-state index in [-0.39, 0.29) is 16.7 Å². The zero-order chi connectivity index (χ0) is 19.6. The fourth-order valence-corrected chi connectivity index (χ4v) is 4.98. The first-order valence-electron chi connectivity index (χ1n) is 9.02. The predicted octanol–water partition coefficient (Wildman–Crippen LogP) is 3.52. The van der Waals surface area contributed by atoms with Crippen molar-refractivity contribution in [1.29, 1.82) is 0 Å². The topological polar surface area (TPSA) is 86.7 Å². The van der Waals surface area contributed by atoms with Crippen LogP contribution in [0, 0.1) is 6.92 Å². The summed E-state index contributed by atoms with van der Waals surface area (Å²) in [5, 5.41) is 12.5. The van der Waals surface area contributed by atoms with Crippen molar-refractivity contribution >= 4 is 21.6 Å². The minimum atomic E-state index is -3.56. The summed E-state index contributed by atoms with van der Waals surface area (Å²) < 4.78 is 27.2. The molecule has 2 N–H and O–H groups in total. The number of benzene rings is 2. The number of sulfonamides is 1. The molecule has 7 heteroatoms. The fourth-order valence-electron chi connectivity index (χ4n) is 3.28. The molecule has 1 heterocycles. The second-order valence-corrected chi connectivity index (χ2v) is 8.85. The first kappa shape index (κ1) is 19.4. The lowest BCUT2D eigenvalue weighted by atomic mass is 10.1. The normalized spacial score (nSPS) is 18.2. The van der Waals surface area contributed by atoms with Gasteiger partial charge in [-0.3, -0.25) is 4.79 Å². The van der Waals surface area contributed by atoms with Crippen LogP contribution in [0.15, 0.2) is 47.4 Å². The molecule has 1 saturated heterocycles. The van der Waals surface area contributed by atoms with Gasteiger partial charge in [-0.25, -0.2) is 8.42 Å². The zero-order valence-corrected chi connectivity index (χ0v) is 16.3. The average molecular weight is 388 g/mol. The third kappa shape index (κ3) is 4.14. The van der Waals surface area contributed by atoms with Gasteiger partial charge in [-0.05, 0) is 68.7 Å². The van der Waals surface area contributed by atoms with Gasteiger partial charge in [0.25, 0.3) is 5.91 Å². The van der Waals surface area contributed by atoms with Crippen molar-refractivity contribution in [1.82, 2.24) is 4.31 Å². The van der Waals surface area contributed by atoms with E-state index in [1.807, 2.05) is 13.8 Å². The molecule has 0 bridgehead atoms. The largest absolute Gasteiger partial charge is 0.506 e. The highest BCUT2D eigenvalue weighted by Gasteiger charge is 2.30. The number of hydrogen-bond acceptors (Lipinski definition) is 4. The Morgan fingerprint density at radius 3 is 2.48 bits per heavy atom. The number of rotatable bonds is 4. The highest BCUT2D eigenvalue weighted by molar-refractivity contribution is 7.89. The van der Waals surface area contributed by atoms with Crippen LogP contribution < -0.4 is 5.32 Å². The van der Waals surface area contributed by atoms with E-state index in [0.29, 0.717) is 17.8 Å². The number of hydrogen-bond donors (Lipinski definition) is 2. The zero-order valence-electron chi connectivity index (χ0n) is 15.5. The van der Waals surface area contributed by atoms with Crippen LogP contribution in [0.25, 0.3) is 0 Å². The van der Waals surface area contributed by atoms with E-state index in [2.05, 4.69) is 5.32 Å². The van der Waals surface area contributed by atoms with Crippen molar-refractivity contribution < 1.29 is 18.3 Å². The summed E-state index contributed by atoms with van der Waals surface area (Å²) in [6, 6.07) is 10.8. The molecule has 1 aliphatic rings. The standard InChI is InChI=1S/C20H24N2O4S/c1-14-6-11-18(19(23)13-14)21-20(24)16-7-9-17(10-8-16)27(25,26)22-12-4-3-5-15(22)2/h6-11,13,15,23H,3-5,12H2,1-2H3,(H,21,24)/t15-/m1/s1. The molecule has 1 amide bonds. The summed E-state index contributed by atoms with van der Waals surface area (Å²) in [7, 11) is -3.56. The van der Waals surface area contributed by atoms with E-state index in [4.69, 9.17) is 0 Å². The number of carbonyl (C=O) groups excluding carboxylic acids is 1. The Balaban J connectivity index is 1.77. The summed E-state index contributed by atoms with van der Waals surface area (Å²) in [6.45, 7) is 4.29. The summed E-state index contributed by atoms with van der Waals surface area (Å²) in [4.78, 5) is 12.6. The van der Waals surface area contributed by atoms with Gasteiger partial charge < -0.3 is 10.4 Å². The van der Waals surface area contributed by atoms with E-state index in [1.165, 1.54) is 28.6 Å². The molecular formula is C20H24N2O4S. The van der Waals surface area contributed by atoms with Crippen LogP contribution in [0.3, 0.4) is 0 Å². The lowest BCUT2D eigenvalue weighted by molar-refractivity contribution is 0.102. The monoisotopic (exact) mass is 388 g/mol. The van der Waals surface area contributed by atoms with Crippen LogP contribution in [0.1, 0.15) is 42.1 Å². The smallest absolute Gasteiger partial charge is 0.255 e. The number of aromatic hydroxyl groups is 1. The lowest BCUT2D eigenvalue weighted by Crippen LogP contribution is -2.41. The molecule has 144 valence electrons. The number of carbonyl (C=O) groups is 1. The number of piperidine rings is 1. The van der Waals surface area contributed by atoms with Gasteiger partial charge in [-0.1, -0.05) is 12.5 Å². The number of aryl methyl sites for hydroxylation is 1. The minimum absolute atomic E-state index is 0.0124. The summed E-state index contributed by atoms with van der Waals surface area (Å²) >= 11 is 0. The van der Waals surface area contributed by atoms with Crippen LogP contribution in [-0.4, -0.2) is 36.3 Å². The van der Waals surface area contributed by atoms with Crippen LogP contribution in [0.4, 0.5) is 5.69 Å². The van der Waals surface area contributed by atoms with E-state index >= 15 is 0 Å². The second-order valence-electron chi connectivity index (χ2n) is 6.96. The summed E-state index contributed by atoms with van der Waals surface area (Å²) in [5.74, 6) is -0.425. The molecule has 0 radical (unpaired) electrons. The Morgan fingerprint density at radius 2 is 1.85 bits per heavy atom. The summed E-state index contributed by atoms with van der Waals surface area (Å²) in [6.07, 6.45) is 2.77. The third-order valence-corrected chi connectivity index (χ3v) is 6.89. The molecule has 2 aromatic carbocycles. The SMILES string of the molecule is Cc1ccc(NC(=O)c2ccc(S(=O)(=O)N3CCCC[C@H]3C)cc2)c(O)c1. The van der Waals surface area contributed by atoms with Crippen molar-refractivity contribution in [3.05, 3.63) is 53.6 Å². The first-order valence-corrected chi connectivity index (χ1v) is 10.5. The highest BCUT2D eigenvalue weighted by Crippen LogP contribution is 2.26. The van der Waals surface area contributed by atoms with Gasteiger partial charge in [0.15, 0.2) is 0 Å². The molecule has 27 heavy (non-hydrogen) atoms. The fraction of sp³-hybridized carbons (Fsp3) is 0.350. The van der Waals surface area contributed by atoms with Gasteiger partial charge in [-0.2, -0.15) is 4.31 Å². The molecule has 3 rings (SSSR count). The second kappa shape index (κ2) is 7.70. The van der Waals surface area contributed by atoms with Crippen molar-refractivity contribution in [2.45, 2.75) is 44.0 Å². The van der Waals surface area contributed by atoms with Crippen LogP contribution in [0.2, 0.25) is 0 Å². The molecule has 0 saturated carbocycles. The molecular weight excluding hydrogens is 364 g/mol. The highest BCUT2D eigenvalue weighted by atomic mass is 32.2. The van der Waals surface area contributed by atoms with Crippen molar-refractivity contribution in [3.8, 4) is 5.75 Å². The predicted molar refractivity (Wildman–Crippen MR) is 104 cm³/mol. The molecule has 0 unspecified atom stereocenters. The molecule has 0 spiro atoms. The Bertz CT molecular complexity index is 939. The van der Waals surface area contributed by atoms with Gasteiger partial charge in [0.2, 0.25) is 10.0 Å².